The summed E-state index contributed by atoms with van der Waals surface area (Å²) in [4.78, 5) is 12.5. The Morgan fingerprint density at radius 3 is 2.56 bits per heavy atom. The van der Waals surface area contributed by atoms with E-state index in [9.17, 15) is 4.79 Å². The molecule has 0 N–H and O–H groups in total. The van der Waals surface area contributed by atoms with Crippen molar-refractivity contribution < 1.29 is 17.0 Å². The predicted octanol–water partition coefficient (Wildman–Crippen LogP) is 2.93. The van der Waals surface area contributed by atoms with E-state index >= 15 is 0 Å². The molecule has 0 amide bonds. The molecule has 0 atom stereocenters. The van der Waals surface area contributed by atoms with Gasteiger partial charge >= 0.3 is 0 Å². The number of hydrogen-bond acceptors (Lipinski definition) is 3. The lowest BCUT2D eigenvalue weighted by atomic mass is 10.0. The van der Waals surface area contributed by atoms with Gasteiger partial charge in [0.15, 0.2) is 17.3 Å². The Balaban J connectivity index is 2.57. The SMILES string of the molecule is [2H]c1cccc(C(=O)c2cc([2H])cc(OC)c2OC)c1. The van der Waals surface area contributed by atoms with Gasteiger partial charge in [0.1, 0.15) is 0 Å². The van der Waals surface area contributed by atoms with Crippen LogP contribution in [0, 0.1) is 0 Å². The molecule has 0 bridgehead atoms. The number of carbonyl (C=O) groups excluding carboxylic acids is 1. The number of carbonyl (C=O) groups is 1. The van der Waals surface area contributed by atoms with E-state index in [0.29, 0.717) is 17.1 Å². The van der Waals surface area contributed by atoms with Crippen molar-refractivity contribution in [3.8, 4) is 11.5 Å². The van der Waals surface area contributed by atoms with E-state index in [4.69, 9.17) is 12.2 Å². The van der Waals surface area contributed by atoms with Gasteiger partial charge < -0.3 is 9.47 Å². The van der Waals surface area contributed by atoms with Crippen LogP contribution >= 0.6 is 0 Å². The summed E-state index contributed by atoms with van der Waals surface area (Å²) in [6, 6.07) is 9.67. The van der Waals surface area contributed by atoms with Crippen molar-refractivity contribution in [3.05, 3.63) is 59.6 Å². The van der Waals surface area contributed by atoms with E-state index in [2.05, 4.69) is 0 Å². The highest BCUT2D eigenvalue weighted by atomic mass is 16.5. The first-order valence-corrected chi connectivity index (χ1v) is 5.40. The number of rotatable bonds is 4. The summed E-state index contributed by atoms with van der Waals surface area (Å²) in [5, 5.41) is 0. The number of benzene rings is 2. The largest absolute Gasteiger partial charge is 0.493 e. The van der Waals surface area contributed by atoms with Gasteiger partial charge in [-0.25, -0.2) is 0 Å². The van der Waals surface area contributed by atoms with Crippen molar-refractivity contribution in [2.24, 2.45) is 0 Å². The highest BCUT2D eigenvalue weighted by Gasteiger charge is 2.17. The van der Waals surface area contributed by atoms with Gasteiger partial charge in [0.05, 0.1) is 22.5 Å². The van der Waals surface area contributed by atoms with Crippen molar-refractivity contribution in [3.63, 3.8) is 0 Å². The van der Waals surface area contributed by atoms with E-state index in [1.54, 1.807) is 18.2 Å². The van der Waals surface area contributed by atoms with Crippen LogP contribution < -0.4 is 9.47 Å². The van der Waals surface area contributed by atoms with Crippen LogP contribution in [0.4, 0.5) is 0 Å². The smallest absolute Gasteiger partial charge is 0.196 e. The Hall–Kier alpha value is -2.29. The maximum atomic E-state index is 12.5. The fourth-order valence-corrected chi connectivity index (χ4v) is 1.69. The minimum Gasteiger partial charge on any atom is -0.493 e. The molecule has 0 saturated carbocycles. The van der Waals surface area contributed by atoms with Crippen LogP contribution in [0.5, 0.6) is 11.5 Å². The van der Waals surface area contributed by atoms with Gasteiger partial charge in [-0.15, -0.1) is 0 Å². The van der Waals surface area contributed by atoms with Gasteiger partial charge in [0.2, 0.25) is 0 Å². The van der Waals surface area contributed by atoms with Gasteiger partial charge in [-0.1, -0.05) is 36.4 Å². The zero-order valence-corrected chi connectivity index (χ0v) is 10.2. The molecule has 92 valence electrons. The van der Waals surface area contributed by atoms with Gasteiger partial charge in [0.25, 0.3) is 0 Å². The van der Waals surface area contributed by atoms with Gasteiger partial charge in [-0.2, -0.15) is 0 Å². The predicted molar refractivity (Wildman–Crippen MR) is 69.4 cm³/mol. The van der Waals surface area contributed by atoms with Crippen LogP contribution in [0.15, 0.2) is 48.5 Å². The molecule has 0 aliphatic rings. The topological polar surface area (TPSA) is 35.5 Å². The van der Waals surface area contributed by atoms with Crippen LogP contribution in [0.2, 0.25) is 0 Å². The minimum atomic E-state index is -0.302. The van der Waals surface area contributed by atoms with Crippen molar-refractivity contribution in [2.45, 2.75) is 0 Å². The van der Waals surface area contributed by atoms with Crippen LogP contribution in [0.1, 0.15) is 18.7 Å². The van der Waals surface area contributed by atoms with Gasteiger partial charge in [-0.05, 0) is 12.1 Å². The normalized spacial score (nSPS) is 11.4. The first-order valence-electron chi connectivity index (χ1n) is 6.40. The molecule has 0 unspecified atom stereocenters. The fraction of sp³-hybridized carbons (Fsp3) is 0.133. The Kier molecular flexibility index (Phi) is 2.89. The van der Waals surface area contributed by atoms with Crippen LogP contribution in [0.3, 0.4) is 0 Å². The molecular weight excluding hydrogens is 228 g/mol. The molecule has 2 aromatic carbocycles. The van der Waals surface area contributed by atoms with Crippen LogP contribution in [-0.4, -0.2) is 20.0 Å². The third kappa shape index (κ3) is 2.20. The van der Waals surface area contributed by atoms with E-state index in [-0.39, 0.29) is 23.4 Å². The highest BCUT2D eigenvalue weighted by molar-refractivity contribution is 6.11. The van der Waals surface area contributed by atoms with Crippen LogP contribution in [-0.2, 0) is 0 Å². The van der Waals surface area contributed by atoms with Gasteiger partial charge in [-0.3, -0.25) is 4.79 Å². The van der Waals surface area contributed by atoms with E-state index in [1.165, 1.54) is 32.4 Å². The van der Waals surface area contributed by atoms with E-state index in [1.807, 2.05) is 0 Å². The Morgan fingerprint density at radius 2 is 1.89 bits per heavy atom. The van der Waals surface area contributed by atoms with Gasteiger partial charge in [0, 0.05) is 5.56 Å². The monoisotopic (exact) mass is 244 g/mol. The minimum absolute atomic E-state index is 0.160. The number of ether oxygens (including phenoxy) is 2. The van der Waals surface area contributed by atoms with Crippen LogP contribution in [0.25, 0.3) is 0 Å². The third-order valence-corrected chi connectivity index (χ3v) is 2.55. The maximum Gasteiger partial charge on any atom is 0.196 e. The molecule has 0 saturated heterocycles. The first-order chi connectivity index (χ1) is 9.56. The second-order valence-corrected chi connectivity index (χ2v) is 3.59. The average molecular weight is 244 g/mol. The van der Waals surface area contributed by atoms with Crippen molar-refractivity contribution >= 4 is 5.78 Å². The first kappa shape index (κ1) is 9.71. The Bertz CT molecular complexity index is 654. The molecule has 3 heteroatoms. The molecule has 0 heterocycles. The quantitative estimate of drug-likeness (QED) is 0.776. The second kappa shape index (κ2) is 5.36. The lowest BCUT2D eigenvalue weighted by Gasteiger charge is -2.11. The zero-order chi connectivity index (χ0) is 14.7. The summed E-state index contributed by atoms with van der Waals surface area (Å²) < 4.78 is 25.6. The molecule has 0 aliphatic carbocycles. The number of para-hydroxylation sites is 1. The van der Waals surface area contributed by atoms with Crippen molar-refractivity contribution in [1.29, 1.82) is 0 Å². The summed E-state index contributed by atoms with van der Waals surface area (Å²) in [5.41, 5.74) is 0.630. The average Bonchev–Trinajstić information content (AvgIpc) is 2.45. The third-order valence-electron chi connectivity index (χ3n) is 2.55. The lowest BCUT2D eigenvalue weighted by molar-refractivity contribution is 0.103. The standard InChI is InChI=1S/C15H14O3/c1-17-13-10-6-9-12(15(13)18-2)14(16)11-7-4-3-5-8-11/h3-10H,1-2H3/i4D,6D. The molecule has 2 aromatic rings. The molecule has 0 spiro atoms. The molecule has 2 rings (SSSR count). The molecule has 0 radical (unpaired) electrons. The zero-order valence-electron chi connectivity index (χ0n) is 12.2. The van der Waals surface area contributed by atoms with Crippen molar-refractivity contribution in [2.75, 3.05) is 14.2 Å². The summed E-state index contributed by atoms with van der Waals surface area (Å²) in [6.07, 6.45) is 0. The van der Waals surface area contributed by atoms with E-state index < -0.39 is 0 Å². The number of hydrogen-bond donors (Lipinski definition) is 0. The summed E-state index contributed by atoms with van der Waals surface area (Å²) >= 11 is 0. The molecule has 0 fully saturated rings. The molecule has 18 heavy (non-hydrogen) atoms. The molecule has 0 aliphatic heterocycles. The Labute approximate surface area is 109 Å². The number of methoxy groups -OCH3 is 2. The number of ketones is 1. The second-order valence-electron chi connectivity index (χ2n) is 3.59. The highest BCUT2D eigenvalue weighted by Crippen LogP contribution is 2.32. The Morgan fingerprint density at radius 1 is 1.06 bits per heavy atom. The molecular formula is C15H14O3. The molecule has 0 aromatic heterocycles. The fourth-order valence-electron chi connectivity index (χ4n) is 1.69. The van der Waals surface area contributed by atoms with Crippen molar-refractivity contribution in [1.82, 2.24) is 0 Å². The summed E-state index contributed by atoms with van der Waals surface area (Å²) in [6.45, 7) is 0. The van der Waals surface area contributed by atoms with E-state index in [0.717, 1.165) is 0 Å². The summed E-state index contributed by atoms with van der Waals surface area (Å²) in [7, 11) is 2.90. The maximum absolute atomic E-state index is 12.5. The lowest BCUT2D eigenvalue weighted by Crippen LogP contribution is -2.04. The summed E-state index contributed by atoms with van der Waals surface area (Å²) in [5.74, 6) is 0.331. The molecule has 3 nitrogen and oxygen atoms in total.